The fourth-order valence-electron chi connectivity index (χ4n) is 2.06. The average Bonchev–Trinajstić information content (AvgIpc) is 3.32. The molecule has 0 saturated heterocycles. The Balaban J connectivity index is 0.00000264. The molecule has 1 aliphatic rings. The van der Waals surface area contributed by atoms with E-state index in [2.05, 4.69) is 10.3 Å². The van der Waals surface area contributed by atoms with Crippen molar-refractivity contribution in [3.8, 4) is 0 Å². The molecule has 0 aromatic heterocycles. The third-order valence-electron chi connectivity index (χ3n) is 3.63. The lowest BCUT2D eigenvalue weighted by Crippen LogP contribution is -2.40. The third kappa shape index (κ3) is 7.22. The van der Waals surface area contributed by atoms with Gasteiger partial charge < -0.3 is 15.0 Å². The van der Waals surface area contributed by atoms with Gasteiger partial charge in [-0.1, -0.05) is 17.7 Å². The Hall–Kier alpha value is -0.600. The van der Waals surface area contributed by atoms with Crippen LogP contribution >= 0.6 is 35.6 Å². The molecule has 0 spiro atoms. The lowest BCUT2D eigenvalue weighted by Gasteiger charge is -2.22. The molecule has 1 aromatic rings. The molecule has 0 aliphatic heterocycles. The molecule has 0 unspecified atom stereocenters. The van der Waals surface area contributed by atoms with Gasteiger partial charge in [0.15, 0.2) is 5.96 Å². The number of benzene rings is 1. The van der Waals surface area contributed by atoms with Gasteiger partial charge in [0, 0.05) is 33.8 Å². The second-order valence-corrected chi connectivity index (χ2v) is 6.00. The second kappa shape index (κ2) is 10.3. The van der Waals surface area contributed by atoms with Crippen LogP contribution in [0.4, 0.5) is 4.39 Å². The van der Waals surface area contributed by atoms with Gasteiger partial charge in [-0.15, -0.1) is 24.0 Å². The normalized spacial score (nSPS) is 14.3. The van der Waals surface area contributed by atoms with Gasteiger partial charge in [0.05, 0.1) is 11.6 Å². The minimum atomic E-state index is -0.403. The Bertz CT molecular complexity index is 526. The highest BCUT2D eigenvalue weighted by Gasteiger charge is 2.21. The van der Waals surface area contributed by atoms with Crippen LogP contribution in [-0.2, 0) is 11.3 Å². The summed E-state index contributed by atoms with van der Waals surface area (Å²) in [7, 11) is 3.70. The quantitative estimate of drug-likeness (QED) is 0.296. The Morgan fingerprint density at radius 2 is 2.22 bits per heavy atom. The standard InChI is InChI=1S/C16H23ClFN3O.HI/c1-19-16(21(2)7-8-22-11-12-3-4-12)20-10-13-5-6-15(18)14(17)9-13;/h5-6,9,12H,3-4,7-8,10-11H2,1-2H3,(H,19,20);1H. The highest BCUT2D eigenvalue weighted by molar-refractivity contribution is 14.0. The van der Waals surface area contributed by atoms with Gasteiger partial charge >= 0.3 is 0 Å². The van der Waals surface area contributed by atoms with Crippen LogP contribution in [-0.4, -0.2) is 44.7 Å². The van der Waals surface area contributed by atoms with Crippen molar-refractivity contribution >= 4 is 41.5 Å². The molecule has 0 radical (unpaired) electrons. The van der Waals surface area contributed by atoms with Crippen molar-refractivity contribution in [1.82, 2.24) is 10.2 Å². The molecule has 130 valence electrons. The van der Waals surface area contributed by atoms with Crippen LogP contribution in [0.15, 0.2) is 23.2 Å². The Kier molecular flexibility index (Phi) is 9.16. The van der Waals surface area contributed by atoms with E-state index in [1.807, 2.05) is 11.9 Å². The van der Waals surface area contributed by atoms with Crippen molar-refractivity contribution in [2.24, 2.45) is 10.9 Å². The lowest BCUT2D eigenvalue weighted by molar-refractivity contribution is 0.115. The van der Waals surface area contributed by atoms with E-state index in [1.54, 1.807) is 19.2 Å². The number of aliphatic imine (C=N–C) groups is 1. The van der Waals surface area contributed by atoms with Crippen LogP contribution in [0.2, 0.25) is 5.02 Å². The van der Waals surface area contributed by atoms with E-state index in [9.17, 15) is 4.39 Å². The van der Waals surface area contributed by atoms with E-state index < -0.39 is 5.82 Å². The molecule has 0 heterocycles. The van der Waals surface area contributed by atoms with Gasteiger partial charge in [-0.2, -0.15) is 0 Å². The zero-order valence-electron chi connectivity index (χ0n) is 13.5. The number of halogens is 3. The Morgan fingerprint density at radius 3 is 2.83 bits per heavy atom. The maximum absolute atomic E-state index is 13.1. The number of likely N-dealkylation sites (N-methyl/N-ethyl adjacent to an activating group) is 1. The molecule has 7 heteroatoms. The number of nitrogens with zero attached hydrogens (tertiary/aromatic N) is 2. The molecule has 0 atom stereocenters. The topological polar surface area (TPSA) is 36.9 Å². The molecule has 1 saturated carbocycles. The van der Waals surface area contributed by atoms with Gasteiger partial charge in [0.25, 0.3) is 0 Å². The predicted octanol–water partition coefficient (Wildman–Crippen LogP) is 3.53. The summed E-state index contributed by atoms with van der Waals surface area (Å²) in [6, 6.07) is 4.70. The second-order valence-electron chi connectivity index (χ2n) is 5.59. The molecule has 0 amide bonds. The fraction of sp³-hybridized carbons (Fsp3) is 0.562. The molecule has 23 heavy (non-hydrogen) atoms. The van der Waals surface area contributed by atoms with Crippen molar-refractivity contribution in [1.29, 1.82) is 0 Å². The summed E-state index contributed by atoms with van der Waals surface area (Å²) in [4.78, 5) is 6.25. The summed E-state index contributed by atoms with van der Waals surface area (Å²) >= 11 is 5.78. The summed E-state index contributed by atoms with van der Waals surface area (Å²) in [5.41, 5.74) is 0.908. The maximum Gasteiger partial charge on any atom is 0.193 e. The molecule has 1 N–H and O–H groups in total. The lowest BCUT2D eigenvalue weighted by atomic mass is 10.2. The van der Waals surface area contributed by atoms with Crippen LogP contribution in [0.5, 0.6) is 0 Å². The van der Waals surface area contributed by atoms with Crippen molar-refractivity contribution in [3.05, 3.63) is 34.6 Å². The van der Waals surface area contributed by atoms with E-state index in [1.165, 1.54) is 18.9 Å². The number of guanidine groups is 1. The first kappa shape index (κ1) is 20.4. The largest absolute Gasteiger partial charge is 0.379 e. The Morgan fingerprint density at radius 1 is 1.48 bits per heavy atom. The fourth-order valence-corrected chi connectivity index (χ4v) is 2.26. The van der Waals surface area contributed by atoms with Crippen molar-refractivity contribution < 1.29 is 9.13 Å². The molecule has 0 bridgehead atoms. The molecular weight excluding hydrogens is 432 g/mol. The summed E-state index contributed by atoms with van der Waals surface area (Å²) in [6.45, 7) is 2.88. The molecule has 1 aliphatic carbocycles. The van der Waals surface area contributed by atoms with Gasteiger partial charge in [0.2, 0.25) is 0 Å². The monoisotopic (exact) mass is 455 g/mol. The first-order valence-corrected chi connectivity index (χ1v) is 7.91. The molecular formula is C16H24ClFIN3O. The smallest absolute Gasteiger partial charge is 0.193 e. The first-order chi connectivity index (χ1) is 10.6. The zero-order chi connectivity index (χ0) is 15.9. The highest BCUT2D eigenvalue weighted by atomic mass is 127. The zero-order valence-corrected chi connectivity index (χ0v) is 16.6. The summed E-state index contributed by atoms with van der Waals surface area (Å²) in [6.07, 6.45) is 2.61. The van der Waals surface area contributed by atoms with E-state index in [4.69, 9.17) is 16.3 Å². The Labute approximate surface area is 159 Å². The summed E-state index contributed by atoms with van der Waals surface area (Å²) in [5.74, 6) is 1.15. The summed E-state index contributed by atoms with van der Waals surface area (Å²) in [5, 5.41) is 3.37. The SMILES string of the molecule is CN=C(NCc1ccc(F)c(Cl)c1)N(C)CCOCC1CC1.I. The van der Waals surface area contributed by atoms with Gasteiger partial charge in [0.1, 0.15) is 5.82 Å². The average molecular weight is 456 g/mol. The predicted molar refractivity (Wildman–Crippen MR) is 103 cm³/mol. The number of hydrogen-bond acceptors (Lipinski definition) is 2. The van der Waals surface area contributed by atoms with Gasteiger partial charge in [-0.25, -0.2) is 4.39 Å². The molecule has 1 fully saturated rings. The van der Waals surface area contributed by atoms with Crippen molar-refractivity contribution in [2.75, 3.05) is 33.9 Å². The molecule has 4 nitrogen and oxygen atoms in total. The van der Waals surface area contributed by atoms with Gasteiger partial charge in [-0.3, -0.25) is 4.99 Å². The first-order valence-electron chi connectivity index (χ1n) is 7.53. The minimum absolute atomic E-state index is 0. The summed E-state index contributed by atoms with van der Waals surface area (Å²) < 4.78 is 18.8. The number of nitrogens with one attached hydrogen (secondary N) is 1. The van der Waals surface area contributed by atoms with Crippen LogP contribution in [0, 0.1) is 11.7 Å². The van der Waals surface area contributed by atoms with Crippen LogP contribution < -0.4 is 5.32 Å². The minimum Gasteiger partial charge on any atom is -0.379 e. The van der Waals surface area contributed by atoms with E-state index >= 15 is 0 Å². The number of rotatable bonds is 7. The maximum atomic E-state index is 13.1. The van der Waals surface area contributed by atoms with Crippen LogP contribution in [0.25, 0.3) is 0 Å². The van der Waals surface area contributed by atoms with Crippen LogP contribution in [0.3, 0.4) is 0 Å². The van der Waals surface area contributed by atoms with E-state index in [-0.39, 0.29) is 29.0 Å². The molecule has 1 aromatic carbocycles. The van der Waals surface area contributed by atoms with Crippen molar-refractivity contribution in [2.45, 2.75) is 19.4 Å². The van der Waals surface area contributed by atoms with Crippen molar-refractivity contribution in [3.63, 3.8) is 0 Å². The van der Waals surface area contributed by atoms with E-state index in [0.717, 1.165) is 30.6 Å². The number of ether oxygens (including phenoxy) is 1. The van der Waals surface area contributed by atoms with E-state index in [0.29, 0.717) is 13.2 Å². The third-order valence-corrected chi connectivity index (χ3v) is 3.92. The van der Waals surface area contributed by atoms with Crippen LogP contribution in [0.1, 0.15) is 18.4 Å². The molecule has 2 rings (SSSR count). The van der Waals surface area contributed by atoms with Gasteiger partial charge in [-0.05, 0) is 36.5 Å². The number of hydrogen-bond donors (Lipinski definition) is 1. The highest BCUT2D eigenvalue weighted by Crippen LogP contribution is 2.28.